The molecule has 0 bridgehead atoms. The maximum atomic E-state index is 12.6. The molecule has 7 heteroatoms. The minimum Gasteiger partial charge on any atom is -0.486 e. The highest BCUT2D eigenvalue weighted by molar-refractivity contribution is 5.92. The Morgan fingerprint density at radius 1 is 0.833 bits per heavy atom. The molecule has 0 saturated carbocycles. The third-order valence-electron chi connectivity index (χ3n) is 5.99. The molecule has 162 valence electrons. The van der Waals surface area contributed by atoms with Crippen LogP contribution in [0.3, 0.4) is 0 Å². The van der Waals surface area contributed by atoms with E-state index in [1.807, 2.05) is 34.1 Å². The van der Waals surface area contributed by atoms with Gasteiger partial charge in [-0.2, -0.15) is 0 Å². The molecule has 2 saturated heterocycles. The van der Waals surface area contributed by atoms with Crippen LogP contribution in [0.1, 0.15) is 31.2 Å². The Bertz CT molecular complexity index is 779. The number of hydrogen-bond donors (Lipinski definition) is 0. The van der Waals surface area contributed by atoms with Crippen LogP contribution in [0.25, 0.3) is 6.08 Å². The van der Waals surface area contributed by atoms with Gasteiger partial charge in [-0.25, -0.2) is 0 Å². The number of fused-ring (bicyclic) bond motifs is 1. The van der Waals surface area contributed by atoms with Gasteiger partial charge < -0.3 is 19.3 Å². The predicted molar refractivity (Wildman–Crippen MR) is 115 cm³/mol. The third-order valence-corrected chi connectivity index (χ3v) is 5.99. The summed E-state index contributed by atoms with van der Waals surface area (Å²) in [6, 6.07) is 5.69. The average Bonchev–Trinajstić information content (AvgIpc) is 3.07. The van der Waals surface area contributed by atoms with Crippen LogP contribution >= 0.6 is 0 Å². The van der Waals surface area contributed by atoms with Gasteiger partial charge in [-0.15, -0.1) is 0 Å². The molecule has 1 aromatic carbocycles. The number of piperazine rings is 1. The predicted octanol–water partition coefficient (Wildman–Crippen LogP) is 2.02. The first-order valence-electron chi connectivity index (χ1n) is 11.1. The largest absolute Gasteiger partial charge is 0.486 e. The Hall–Kier alpha value is -2.54. The SMILES string of the molecule is O=C(/C=C/c1ccc2c(c1)OCCO2)N1CCN(CC(=O)N2CCCCCC2)CC1. The lowest BCUT2D eigenvalue weighted by Gasteiger charge is -2.34. The van der Waals surface area contributed by atoms with Gasteiger partial charge in [0.15, 0.2) is 11.5 Å². The van der Waals surface area contributed by atoms with Gasteiger partial charge in [0.05, 0.1) is 6.54 Å². The summed E-state index contributed by atoms with van der Waals surface area (Å²) in [6.07, 6.45) is 8.11. The van der Waals surface area contributed by atoms with E-state index in [0.717, 1.165) is 56.1 Å². The van der Waals surface area contributed by atoms with Crippen LogP contribution in [0.2, 0.25) is 0 Å². The van der Waals surface area contributed by atoms with Gasteiger partial charge in [-0.1, -0.05) is 18.9 Å². The topological polar surface area (TPSA) is 62.3 Å². The van der Waals surface area contributed by atoms with Gasteiger partial charge in [0.1, 0.15) is 13.2 Å². The highest BCUT2D eigenvalue weighted by atomic mass is 16.6. The second kappa shape index (κ2) is 9.98. The van der Waals surface area contributed by atoms with Gasteiger partial charge in [-0.3, -0.25) is 14.5 Å². The van der Waals surface area contributed by atoms with Crippen molar-refractivity contribution < 1.29 is 19.1 Å². The third kappa shape index (κ3) is 5.33. The maximum absolute atomic E-state index is 12.6. The van der Waals surface area contributed by atoms with E-state index in [-0.39, 0.29) is 11.8 Å². The summed E-state index contributed by atoms with van der Waals surface area (Å²) in [4.78, 5) is 31.2. The molecule has 0 radical (unpaired) electrons. The van der Waals surface area contributed by atoms with Crippen molar-refractivity contribution in [1.29, 1.82) is 0 Å². The van der Waals surface area contributed by atoms with Gasteiger partial charge in [0.2, 0.25) is 11.8 Å². The normalized spacial score (nSPS) is 20.3. The molecule has 0 atom stereocenters. The van der Waals surface area contributed by atoms with E-state index in [0.29, 0.717) is 32.8 Å². The lowest BCUT2D eigenvalue weighted by molar-refractivity contribution is -0.133. The number of rotatable bonds is 4. The first kappa shape index (κ1) is 20.7. The number of amides is 2. The van der Waals surface area contributed by atoms with E-state index in [1.165, 1.54) is 12.8 Å². The zero-order valence-electron chi connectivity index (χ0n) is 17.6. The standard InChI is InChI=1S/C23H31N3O4/c27-22(8-6-19-5-7-20-21(17-19)30-16-15-29-20)26-13-11-24(12-14-26)18-23(28)25-9-3-1-2-4-10-25/h5-8,17H,1-4,9-16,18H2/b8-6+. The number of likely N-dealkylation sites (tertiary alicyclic amines) is 1. The Morgan fingerprint density at radius 2 is 1.53 bits per heavy atom. The fraction of sp³-hybridized carbons (Fsp3) is 0.565. The molecule has 7 nitrogen and oxygen atoms in total. The molecule has 0 aliphatic carbocycles. The lowest BCUT2D eigenvalue weighted by Crippen LogP contribution is -2.51. The van der Waals surface area contributed by atoms with Crippen LogP contribution in [-0.4, -0.2) is 85.5 Å². The number of ether oxygens (including phenoxy) is 2. The number of benzene rings is 1. The summed E-state index contributed by atoms with van der Waals surface area (Å²) in [5, 5.41) is 0. The maximum Gasteiger partial charge on any atom is 0.246 e. The zero-order chi connectivity index (χ0) is 20.8. The van der Waals surface area contributed by atoms with E-state index in [9.17, 15) is 9.59 Å². The fourth-order valence-electron chi connectivity index (χ4n) is 4.17. The van der Waals surface area contributed by atoms with Crippen molar-refractivity contribution in [3.8, 4) is 11.5 Å². The lowest BCUT2D eigenvalue weighted by atomic mass is 10.1. The molecule has 2 amide bonds. The van der Waals surface area contributed by atoms with Crippen molar-refractivity contribution in [3.05, 3.63) is 29.8 Å². The minimum absolute atomic E-state index is 0.00313. The fourth-order valence-corrected chi connectivity index (χ4v) is 4.17. The molecular formula is C23H31N3O4. The van der Waals surface area contributed by atoms with Gasteiger partial charge >= 0.3 is 0 Å². The van der Waals surface area contributed by atoms with E-state index in [1.54, 1.807) is 6.08 Å². The Balaban J connectivity index is 1.24. The summed E-state index contributed by atoms with van der Waals surface area (Å²) < 4.78 is 11.1. The first-order chi connectivity index (χ1) is 14.7. The van der Waals surface area contributed by atoms with Crippen molar-refractivity contribution in [2.24, 2.45) is 0 Å². The second-order valence-electron chi connectivity index (χ2n) is 8.13. The highest BCUT2D eigenvalue weighted by Crippen LogP contribution is 2.31. The quantitative estimate of drug-likeness (QED) is 0.707. The van der Waals surface area contributed by atoms with Crippen LogP contribution in [-0.2, 0) is 9.59 Å². The molecule has 30 heavy (non-hydrogen) atoms. The Kier molecular flexibility index (Phi) is 6.89. The molecule has 3 heterocycles. The highest BCUT2D eigenvalue weighted by Gasteiger charge is 2.23. The molecule has 1 aromatic rings. The van der Waals surface area contributed by atoms with Gasteiger partial charge in [0, 0.05) is 45.3 Å². The number of carbonyl (C=O) groups is 2. The first-order valence-corrected chi connectivity index (χ1v) is 11.1. The van der Waals surface area contributed by atoms with Crippen LogP contribution < -0.4 is 9.47 Å². The molecule has 4 rings (SSSR count). The zero-order valence-corrected chi connectivity index (χ0v) is 17.6. The summed E-state index contributed by atoms with van der Waals surface area (Å²) in [5.41, 5.74) is 0.911. The summed E-state index contributed by atoms with van der Waals surface area (Å²) >= 11 is 0. The molecule has 0 N–H and O–H groups in total. The number of nitrogens with zero attached hydrogens (tertiary/aromatic N) is 3. The molecular weight excluding hydrogens is 382 g/mol. The van der Waals surface area contributed by atoms with Crippen molar-refractivity contribution >= 4 is 17.9 Å². The van der Waals surface area contributed by atoms with Crippen LogP contribution in [0.4, 0.5) is 0 Å². The minimum atomic E-state index is 0.00313. The van der Waals surface area contributed by atoms with Crippen molar-refractivity contribution in [1.82, 2.24) is 14.7 Å². The summed E-state index contributed by atoms with van der Waals surface area (Å²) in [7, 11) is 0. The molecule has 0 spiro atoms. The van der Waals surface area contributed by atoms with Crippen molar-refractivity contribution in [3.63, 3.8) is 0 Å². The Labute approximate surface area is 178 Å². The smallest absolute Gasteiger partial charge is 0.246 e. The number of carbonyl (C=O) groups excluding carboxylic acids is 2. The van der Waals surface area contributed by atoms with Crippen molar-refractivity contribution in [2.75, 3.05) is 59.0 Å². The summed E-state index contributed by atoms with van der Waals surface area (Å²) in [5.74, 6) is 1.70. The van der Waals surface area contributed by atoms with E-state index < -0.39 is 0 Å². The van der Waals surface area contributed by atoms with E-state index in [4.69, 9.17) is 9.47 Å². The second-order valence-corrected chi connectivity index (χ2v) is 8.13. The molecule has 3 aliphatic heterocycles. The molecule has 0 unspecified atom stereocenters. The van der Waals surface area contributed by atoms with Crippen LogP contribution in [0.15, 0.2) is 24.3 Å². The monoisotopic (exact) mass is 413 g/mol. The van der Waals surface area contributed by atoms with Gasteiger partial charge in [0.25, 0.3) is 0 Å². The molecule has 3 aliphatic rings. The summed E-state index contributed by atoms with van der Waals surface area (Å²) in [6.45, 7) is 6.14. The van der Waals surface area contributed by atoms with E-state index >= 15 is 0 Å². The average molecular weight is 414 g/mol. The van der Waals surface area contributed by atoms with Crippen LogP contribution in [0.5, 0.6) is 11.5 Å². The Morgan fingerprint density at radius 3 is 2.27 bits per heavy atom. The van der Waals surface area contributed by atoms with Gasteiger partial charge in [-0.05, 0) is 36.6 Å². The molecule has 0 aromatic heterocycles. The van der Waals surface area contributed by atoms with E-state index in [2.05, 4.69) is 4.90 Å². The van der Waals surface area contributed by atoms with Crippen LogP contribution in [0, 0.1) is 0 Å². The number of hydrogen-bond acceptors (Lipinski definition) is 5. The van der Waals surface area contributed by atoms with Crippen molar-refractivity contribution in [2.45, 2.75) is 25.7 Å². The molecule has 2 fully saturated rings.